The Balaban J connectivity index is 0. The second-order valence-electron chi connectivity index (χ2n) is 13.8. The van der Waals surface area contributed by atoms with Gasteiger partial charge in [-0.1, -0.05) is 181 Å². The number of unbranched alkanes of at least 4 members (excludes halogenated alkanes) is 24. The third kappa shape index (κ3) is 30.5. The SMILES string of the molecule is CCCCCCCCCCCCCCCCCCCCC(CCCCCCCCCC)S(=O)(=O)[O-].CC[N+](CC)(CC)CC. The highest BCUT2D eigenvalue weighted by Gasteiger charge is 2.16. The van der Waals surface area contributed by atoms with Crippen molar-refractivity contribution < 1.29 is 17.5 Å². The second-order valence-corrected chi connectivity index (χ2v) is 15.4. The predicted molar refractivity (Wildman–Crippen MR) is 197 cm³/mol. The molecule has 1 unspecified atom stereocenters. The highest BCUT2D eigenvalue weighted by Crippen LogP contribution is 2.20. The largest absolute Gasteiger partial charge is 0.748 e. The van der Waals surface area contributed by atoms with Gasteiger partial charge in [0.2, 0.25) is 0 Å². The summed E-state index contributed by atoms with van der Waals surface area (Å²) in [7, 11) is -4.14. The van der Waals surface area contributed by atoms with Crippen LogP contribution in [0.5, 0.6) is 0 Å². The first-order valence-electron chi connectivity index (χ1n) is 20.1. The Hall–Kier alpha value is -0.130. The second kappa shape index (κ2) is 34.2. The Labute approximate surface area is 279 Å². The van der Waals surface area contributed by atoms with Crippen molar-refractivity contribution in [2.24, 2.45) is 0 Å². The maximum Gasteiger partial charge on any atom is 0.0975 e. The van der Waals surface area contributed by atoms with Crippen LogP contribution in [0, 0.1) is 0 Å². The van der Waals surface area contributed by atoms with Crippen molar-refractivity contribution in [1.82, 2.24) is 0 Å². The van der Waals surface area contributed by atoms with Crippen molar-refractivity contribution in [2.75, 3.05) is 26.2 Å². The summed E-state index contributed by atoms with van der Waals surface area (Å²) < 4.78 is 36.2. The molecule has 0 saturated heterocycles. The van der Waals surface area contributed by atoms with E-state index in [2.05, 4.69) is 41.5 Å². The molecule has 0 bridgehead atoms. The highest BCUT2D eigenvalue weighted by molar-refractivity contribution is 7.86. The molecule has 0 aromatic carbocycles. The van der Waals surface area contributed by atoms with Gasteiger partial charge in [0, 0.05) is 5.25 Å². The zero-order valence-electron chi connectivity index (χ0n) is 31.3. The fraction of sp³-hybridized carbons (Fsp3) is 1.00. The zero-order chi connectivity index (χ0) is 33.2. The lowest BCUT2D eigenvalue weighted by atomic mass is 10.0. The van der Waals surface area contributed by atoms with Gasteiger partial charge in [-0.3, -0.25) is 0 Å². The van der Waals surface area contributed by atoms with Crippen LogP contribution in [0.3, 0.4) is 0 Å². The minimum Gasteiger partial charge on any atom is -0.748 e. The number of nitrogens with zero attached hydrogens (tertiary/aromatic N) is 1. The fourth-order valence-corrected chi connectivity index (χ4v) is 7.46. The highest BCUT2D eigenvalue weighted by atomic mass is 32.2. The lowest BCUT2D eigenvalue weighted by molar-refractivity contribution is -0.921. The molecule has 0 aromatic rings. The van der Waals surface area contributed by atoms with E-state index in [4.69, 9.17) is 0 Å². The molecular formula is C39H83NO3S. The van der Waals surface area contributed by atoms with Crippen molar-refractivity contribution in [3.8, 4) is 0 Å². The lowest BCUT2D eigenvalue weighted by Gasteiger charge is -2.34. The van der Waals surface area contributed by atoms with Crippen molar-refractivity contribution in [3.05, 3.63) is 0 Å². The molecule has 0 amide bonds. The first kappa shape index (κ1) is 46.0. The number of hydrogen-bond acceptors (Lipinski definition) is 3. The van der Waals surface area contributed by atoms with Gasteiger partial charge in [-0.25, -0.2) is 8.42 Å². The smallest absolute Gasteiger partial charge is 0.0975 e. The van der Waals surface area contributed by atoms with Gasteiger partial charge in [-0.15, -0.1) is 0 Å². The van der Waals surface area contributed by atoms with Crippen LogP contribution in [0.25, 0.3) is 0 Å². The molecule has 0 aliphatic rings. The molecule has 0 fully saturated rings. The van der Waals surface area contributed by atoms with Gasteiger partial charge < -0.3 is 9.04 Å². The van der Waals surface area contributed by atoms with Crippen molar-refractivity contribution >= 4 is 10.1 Å². The lowest BCUT2D eigenvalue weighted by Crippen LogP contribution is -2.47. The first-order valence-corrected chi connectivity index (χ1v) is 21.5. The monoisotopic (exact) mass is 646 g/mol. The molecule has 0 N–H and O–H groups in total. The number of quaternary nitrogens is 1. The van der Waals surface area contributed by atoms with Gasteiger partial charge in [0.05, 0.1) is 36.3 Å². The Bertz CT molecular complexity index is 630. The topological polar surface area (TPSA) is 57.2 Å². The summed E-state index contributed by atoms with van der Waals surface area (Å²) in [5.74, 6) is 0. The average molecular weight is 646 g/mol. The molecule has 0 saturated carbocycles. The number of rotatable bonds is 33. The molecule has 0 radical (unpaired) electrons. The van der Waals surface area contributed by atoms with Crippen LogP contribution in [0.15, 0.2) is 0 Å². The van der Waals surface area contributed by atoms with Crippen LogP contribution in [-0.2, 0) is 10.1 Å². The van der Waals surface area contributed by atoms with Crippen LogP contribution < -0.4 is 0 Å². The van der Waals surface area contributed by atoms with Crippen LogP contribution in [-0.4, -0.2) is 48.9 Å². The third-order valence-corrected chi connectivity index (χ3v) is 11.6. The van der Waals surface area contributed by atoms with Crippen LogP contribution in [0.4, 0.5) is 0 Å². The van der Waals surface area contributed by atoms with E-state index in [0.717, 1.165) is 25.7 Å². The van der Waals surface area contributed by atoms with E-state index in [1.807, 2.05) is 0 Å². The molecule has 0 aromatic heterocycles. The van der Waals surface area contributed by atoms with Crippen molar-refractivity contribution in [2.45, 2.75) is 227 Å². The van der Waals surface area contributed by atoms with E-state index in [0.29, 0.717) is 12.8 Å². The quantitative estimate of drug-likeness (QED) is 0.0405. The minimum absolute atomic E-state index is 0.569. The van der Waals surface area contributed by atoms with E-state index < -0.39 is 15.4 Å². The van der Waals surface area contributed by atoms with E-state index in [-0.39, 0.29) is 0 Å². The molecule has 0 aliphatic heterocycles. The molecule has 0 spiro atoms. The van der Waals surface area contributed by atoms with Gasteiger partial charge in [0.15, 0.2) is 0 Å². The van der Waals surface area contributed by atoms with Gasteiger partial charge in [-0.2, -0.15) is 0 Å². The Morgan fingerprint density at radius 3 is 0.750 bits per heavy atom. The number of hydrogen-bond donors (Lipinski definition) is 0. The molecule has 5 heteroatoms. The molecule has 0 aliphatic carbocycles. The van der Waals surface area contributed by atoms with Gasteiger partial charge in [0.25, 0.3) is 0 Å². The third-order valence-electron chi connectivity index (χ3n) is 10.4. The van der Waals surface area contributed by atoms with Crippen molar-refractivity contribution in [1.29, 1.82) is 0 Å². The fourth-order valence-electron chi connectivity index (χ4n) is 6.55. The molecular weight excluding hydrogens is 563 g/mol. The summed E-state index contributed by atoms with van der Waals surface area (Å²) in [4.78, 5) is 0. The predicted octanol–water partition coefficient (Wildman–Crippen LogP) is 12.7. The summed E-state index contributed by atoms with van der Waals surface area (Å²) >= 11 is 0. The minimum atomic E-state index is -4.14. The molecule has 0 rings (SSSR count). The molecule has 4 nitrogen and oxygen atoms in total. The maximum atomic E-state index is 11.6. The summed E-state index contributed by atoms with van der Waals surface area (Å²) in [5, 5.41) is -0.649. The summed E-state index contributed by atoms with van der Waals surface area (Å²) in [5.41, 5.74) is 0. The van der Waals surface area contributed by atoms with Gasteiger partial charge >= 0.3 is 0 Å². The first-order chi connectivity index (χ1) is 21.3. The average Bonchev–Trinajstić information content (AvgIpc) is 3.02. The van der Waals surface area contributed by atoms with Gasteiger partial charge in [0.1, 0.15) is 0 Å². The summed E-state index contributed by atoms with van der Waals surface area (Å²) in [6.07, 6.45) is 34.7. The standard InChI is InChI=1S/C31H64O3S.C8H20N/c1-3-5-7-9-11-13-14-15-16-17-18-19-20-21-22-24-26-28-30-31(35(32,33)34)29-27-25-23-12-10-8-6-4-2;1-5-9(6-2,7-3)8-4/h31H,3-30H2,1-2H3,(H,32,33,34);5-8H2,1-4H3/q;+1/p-1. The van der Waals surface area contributed by atoms with Crippen LogP contribution in [0.2, 0.25) is 0 Å². The van der Waals surface area contributed by atoms with Crippen LogP contribution >= 0.6 is 0 Å². The molecule has 268 valence electrons. The zero-order valence-corrected chi connectivity index (χ0v) is 32.1. The Morgan fingerprint density at radius 1 is 0.386 bits per heavy atom. The van der Waals surface area contributed by atoms with E-state index in [1.165, 1.54) is 172 Å². The van der Waals surface area contributed by atoms with Crippen LogP contribution in [0.1, 0.15) is 221 Å². The van der Waals surface area contributed by atoms with Crippen molar-refractivity contribution in [3.63, 3.8) is 0 Å². The molecule has 44 heavy (non-hydrogen) atoms. The summed E-state index contributed by atoms with van der Waals surface area (Å²) in [6.45, 7) is 18.7. The Morgan fingerprint density at radius 2 is 0.591 bits per heavy atom. The van der Waals surface area contributed by atoms with Gasteiger partial charge in [-0.05, 0) is 40.5 Å². The van der Waals surface area contributed by atoms with E-state index >= 15 is 0 Å². The van der Waals surface area contributed by atoms with E-state index in [1.54, 1.807) is 0 Å². The molecule has 0 heterocycles. The Kier molecular flexibility index (Phi) is 35.8. The maximum absolute atomic E-state index is 11.6. The van der Waals surface area contributed by atoms with E-state index in [9.17, 15) is 13.0 Å². The molecule has 1 atom stereocenters. The normalized spacial score (nSPS) is 12.7. The summed E-state index contributed by atoms with van der Waals surface area (Å²) in [6, 6.07) is 0.